The van der Waals surface area contributed by atoms with Crippen LogP contribution in [-0.2, 0) is 11.2 Å². The molecule has 0 spiro atoms. The summed E-state index contributed by atoms with van der Waals surface area (Å²) >= 11 is 0. The second-order valence-electron chi connectivity index (χ2n) is 5.96. The molecule has 1 aromatic heterocycles. The van der Waals surface area contributed by atoms with Crippen LogP contribution in [0.15, 0.2) is 60.9 Å². The summed E-state index contributed by atoms with van der Waals surface area (Å²) in [6.45, 7) is 2.07. The third kappa shape index (κ3) is 4.50. The molecule has 0 aliphatic heterocycles. The molecule has 2 N–H and O–H groups in total. The quantitative estimate of drug-likeness (QED) is 0.635. The molecule has 3 aromatic rings. The van der Waals surface area contributed by atoms with Crippen LogP contribution in [0.2, 0.25) is 0 Å². The lowest BCUT2D eigenvalue weighted by atomic mass is 10.1. The van der Waals surface area contributed by atoms with Gasteiger partial charge in [-0.05, 0) is 36.2 Å². The first-order chi connectivity index (χ1) is 13.6. The number of para-hydroxylation sites is 1. The van der Waals surface area contributed by atoms with E-state index in [1.54, 1.807) is 24.3 Å². The van der Waals surface area contributed by atoms with E-state index in [1.807, 2.05) is 24.3 Å². The molecule has 2 aromatic carbocycles. The van der Waals surface area contributed by atoms with Crippen molar-refractivity contribution in [2.75, 3.05) is 17.7 Å². The van der Waals surface area contributed by atoms with Crippen LogP contribution in [0.4, 0.5) is 17.3 Å². The summed E-state index contributed by atoms with van der Waals surface area (Å²) in [4.78, 5) is 32.4. The minimum absolute atomic E-state index is 0.304. The van der Waals surface area contributed by atoms with Gasteiger partial charge in [-0.15, -0.1) is 0 Å². The zero-order valence-corrected chi connectivity index (χ0v) is 15.6. The van der Waals surface area contributed by atoms with Crippen LogP contribution in [0.5, 0.6) is 0 Å². The molecule has 0 radical (unpaired) electrons. The fourth-order valence-electron chi connectivity index (χ4n) is 2.63. The lowest BCUT2D eigenvalue weighted by Crippen LogP contribution is -2.13. The predicted octanol–water partition coefficient (Wildman–Crippen LogP) is 3.82. The molecule has 0 unspecified atom stereocenters. The Morgan fingerprint density at radius 2 is 1.75 bits per heavy atom. The van der Waals surface area contributed by atoms with Gasteiger partial charge in [-0.25, -0.2) is 14.8 Å². The van der Waals surface area contributed by atoms with Crippen molar-refractivity contribution in [3.8, 4) is 0 Å². The first-order valence-electron chi connectivity index (χ1n) is 8.77. The minimum Gasteiger partial charge on any atom is -0.465 e. The average molecular weight is 376 g/mol. The number of aryl methyl sites for hydroxylation is 1. The number of hydrogen-bond donors (Lipinski definition) is 2. The van der Waals surface area contributed by atoms with Crippen LogP contribution in [-0.4, -0.2) is 29.0 Å². The highest BCUT2D eigenvalue weighted by molar-refractivity contribution is 6.04. The molecular formula is C21H20N4O3. The molecule has 1 amide bonds. The van der Waals surface area contributed by atoms with Gasteiger partial charge >= 0.3 is 5.97 Å². The summed E-state index contributed by atoms with van der Waals surface area (Å²) in [5.41, 5.74) is 3.22. The normalized spacial score (nSPS) is 10.2. The van der Waals surface area contributed by atoms with Gasteiger partial charge < -0.3 is 15.4 Å². The Hall–Kier alpha value is -3.74. The van der Waals surface area contributed by atoms with E-state index in [0.29, 0.717) is 22.8 Å². The van der Waals surface area contributed by atoms with Gasteiger partial charge in [0.2, 0.25) is 5.95 Å². The molecule has 0 atom stereocenters. The molecule has 0 fully saturated rings. The van der Waals surface area contributed by atoms with Gasteiger partial charge in [-0.3, -0.25) is 4.79 Å². The third-order valence-electron chi connectivity index (χ3n) is 4.10. The molecule has 3 rings (SSSR count). The van der Waals surface area contributed by atoms with Crippen molar-refractivity contribution < 1.29 is 14.3 Å². The minimum atomic E-state index is -0.470. The summed E-state index contributed by atoms with van der Waals surface area (Å²) in [5, 5.41) is 5.88. The molecule has 0 saturated carbocycles. The maximum absolute atomic E-state index is 12.4. The topological polar surface area (TPSA) is 93.2 Å². The molecule has 0 aliphatic rings. The summed E-state index contributed by atoms with van der Waals surface area (Å²) < 4.78 is 4.68. The third-order valence-corrected chi connectivity index (χ3v) is 4.10. The predicted molar refractivity (Wildman–Crippen MR) is 107 cm³/mol. The molecule has 28 heavy (non-hydrogen) atoms. The van der Waals surface area contributed by atoms with Gasteiger partial charge in [0, 0.05) is 23.8 Å². The van der Waals surface area contributed by atoms with Crippen molar-refractivity contribution in [1.82, 2.24) is 9.97 Å². The standard InChI is InChI=1S/C21H20N4O3/c1-3-14-7-4-5-10-18(14)25-21-22-12-16(13-23-21)19(26)24-17-9-6-8-15(11-17)20(27)28-2/h4-13H,3H2,1-2H3,(H,24,26)(H,22,23,25). The number of carbonyl (C=O) groups excluding carboxylic acids is 2. The van der Waals surface area contributed by atoms with E-state index in [2.05, 4.69) is 32.3 Å². The summed E-state index contributed by atoms with van der Waals surface area (Å²) in [6, 6.07) is 14.4. The van der Waals surface area contributed by atoms with E-state index < -0.39 is 5.97 Å². The highest BCUT2D eigenvalue weighted by Gasteiger charge is 2.11. The monoisotopic (exact) mass is 376 g/mol. The van der Waals surface area contributed by atoms with Gasteiger partial charge in [-0.2, -0.15) is 0 Å². The van der Waals surface area contributed by atoms with E-state index >= 15 is 0 Å². The fourth-order valence-corrected chi connectivity index (χ4v) is 2.63. The van der Waals surface area contributed by atoms with E-state index in [0.717, 1.165) is 17.7 Å². The number of rotatable bonds is 6. The Morgan fingerprint density at radius 1 is 1.00 bits per heavy atom. The molecule has 0 aliphatic carbocycles. The van der Waals surface area contributed by atoms with Gasteiger partial charge in [0.25, 0.3) is 5.91 Å². The number of carbonyl (C=O) groups is 2. The van der Waals surface area contributed by atoms with Gasteiger partial charge in [-0.1, -0.05) is 31.2 Å². The number of esters is 1. The van der Waals surface area contributed by atoms with Crippen LogP contribution in [0.1, 0.15) is 33.2 Å². The Bertz CT molecular complexity index is 987. The lowest BCUT2D eigenvalue weighted by molar-refractivity contribution is 0.0600. The Kier molecular flexibility index (Phi) is 5.96. The lowest BCUT2D eigenvalue weighted by Gasteiger charge is -2.10. The van der Waals surface area contributed by atoms with Crippen molar-refractivity contribution in [3.05, 3.63) is 77.6 Å². The molecule has 1 heterocycles. The molecule has 142 valence electrons. The molecule has 0 bridgehead atoms. The van der Waals surface area contributed by atoms with Crippen molar-refractivity contribution in [2.24, 2.45) is 0 Å². The SMILES string of the molecule is CCc1ccccc1Nc1ncc(C(=O)Nc2cccc(C(=O)OC)c2)cn1. The molecular weight excluding hydrogens is 356 g/mol. The highest BCUT2D eigenvalue weighted by atomic mass is 16.5. The Morgan fingerprint density at radius 3 is 2.46 bits per heavy atom. The zero-order chi connectivity index (χ0) is 19.9. The largest absolute Gasteiger partial charge is 0.465 e. The Labute approximate surface area is 162 Å². The number of nitrogens with zero attached hydrogens (tertiary/aromatic N) is 2. The van der Waals surface area contributed by atoms with Crippen molar-refractivity contribution >= 4 is 29.2 Å². The van der Waals surface area contributed by atoms with E-state index in [1.165, 1.54) is 19.5 Å². The summed E-state index contributed by atoms with van der Waals surface area (Å²) in [5.74, 6) is -0.435. The number of anilines is 3. The first-order valence-corrected chi connectivity index (χ1v) is 8.77. The zero-order valence-electron chi connectivity index (χ0n) is 15.6. The molecule has 0 saturated heterocycles. The van der Waals surface area contributed by atoms with Crippen LogP contribution in [0.25, 0.3) is 0 Å². The number of hydrogen-bond acceptors (Lipinski definition) is 6. The van der Waals surface area contributed by atoms with Crippen LogP contribution in [0.3, 0.4) is 0 Å². The molecule has 7 heteroatoms. The van der Waals surface area contributed by atoms with Crippen molar-refractivity contribution in [1.29, 1.82) is 0 Å². The van der Waals surface area contributed by atoms with Gasteiger partial charge in [0.15, 0.2) is 0 Å². The van der Waals surface area contributed by atoms with Gasteiger partial charge in [0.1, 0.15) is 0 Å². The van der Waals surface area contributed by atoms with E-state index in [-0.39, 0.29) is 5.91 Å². The van der Waals surface area contributed by atoms with Gasteiger partial charge in [0.05, 0.1) is 18.2 Å². The molecule has 7 nitrogen and oxygen atoms in total. The van der Waals surface area contributed by atoms with Crippen LogP contribution in [0, 0.1) is 0 Å². The smallest absolute Gasteiger partial charge is 0.337 e. The fraction of sp³-hybridized carbons (Fsp3) is 0.143. The number of methoxy groups -OCH3 is 1. The summed E-state index contributed by atoms with van der Waals surface area (Å²) in [6.07, 6.45) is 3.78. The maximum atomic E-state index is 12.4. The number of nitrogens with one attached hydrogen (secondary N) is 2. The second kappa shape index (κ2) is 8.77. The highest BCUT2D eigenvalue weighted by Crippen LogP contribution is 2.19. The maximum Gasteiger partial charge on any atom is 0.337 e. The van der Waals surface area contributed by atoms with Crippen molar-refractivity contribution in [3.63, 3.8) is 0 Å². The van der Waals surface area contributed by atoms with E-state index in [9.17, 15) is 9.59 Å². The number of aromatic nitrogens is 2. The number of amides is 1. The number of ether oxygens (including phenoxy) is 1. The van der Waals surface area contributed by atoms with Crippen molar-refractivity contribution in [2.45, 2.75) is 13.3 Å². The average Bonchev–Trinajstić information content (AvgIpc) is 2.74. The first kappa shape index (κ1) is 19.0. The van der Waals surface area contributed by atoms with E-state index in [4.69, 9.17) is 0 Å². The number of benzene rings is 2. The van der Waals surface area contributed by atoms with Crippen LogP contribution >= 0.6 is 0 Å². The summed E-state index contributed by atoms with van der Waals surface area (Å²) in [7, 11) is 1.30. The van der Waals surface area contributed by atoms with Crippen LogP contribution < -0.4 is 10.6 Å². The second-order valence-corrected chi connectivity index (χ2v) is 5.96. The Balaban J connectivity index is 1.69.